The maximum absolute atomic E-state index is 13.2. The van der Waals surface area contributed by atoms with Gasteiger partial charge in [0.2, 0.25) is 0 Å². The number of amides is 2. The van der Waals surface area contributed by atoms with Crippen molar-refractivity contribution in [2.75, 3.05) is 13.1 Å². The molecule has 0 saturated heterocycles. The molecule has 4 aromatic carbocycles. The highest BCUT2D eigenvalue weighted by atomic mass is 19.3. The van der Waals surface area contributed by atoms with Crippen LogP contribution in [0.2, 0.25) is 0 Å². The smallest absolute Gasteiger partial charge is 0.387 e. The van der Waals surface area contributed by atoms with Crippen molar-refractivity contribution in [1.29, 1.82) is 0 Å². The van der Waals surface area contributed by atoms with Gasteiger partial charge in [0.1, 0.15) is 11.5 Å². The third-order valence-electron chi connectivity index (χ3n) is 6.67. The van der Waals surface area contributed by atoms with Gasteiger partial charge < -0.3 is 20.1 Å². The molecule has 0 aliphatic rings. The van der Waals surface area contributed by atoms with Crippen molar-refractivity contribution >= 4 is 35.1 Å². The fourth-order valence-electron chi connectivity index (χ4n) is 4.46. The first-order chi connectivity index (χ1) is 22.3. The summed E-state index contributed by atoms with van der Waals surface area (Å²) in [4.78, 5) is 26.3. The third-order valence-corrected chi connectivity index (χ3v) is 6.67. The van der Waals surface area contributed by atoms with E-state index in [0.29, 0.717) is 59.3 Å². The molecule has 0 aromatic heterocycles. The maximum Gasteiger partial charge on any atom is 0.387 e. The number of rotatable bonds is 15. The van der Waals surface area contributed by atoms with Crippen LogP contribution in [0, 0.1) is 0 Å². The molecule has 238 valence electrons. The Morgan fingerprint density at radius 3 is 1.22 bits per heavy atom. The van der Waals surface area contributed by atoms with Crippen molar-refractivity contribution in [3.05, 3.63) is 131 Å². The second-order valence-electron chi connectivity index (χ2n) is 9.96. The summed E-state index contributed by atoms with van der Waals surface area (Å²) < 4.78 is 58.7. The van der Waals surface area contributed by atoms with Gasteiger partial charge >= 0.3 is 13.2 Å². The zero-order valence-electron chi connectivity index (χ0n) is 24.7. The minimum Gasteiger partial charge on any atom is -0.435 e. The summed E-state index contributed by atoms with van der Waals surface area (Å²) in [5.41, 5.74) is 3.47. The first-order valence-electron chi connectivity index (χ1n) is 14.5. The summed E-state index contributed by atoms with van der Waals surface area (Å²) in [7, 11) is 0. The second kappa shape index (κ2) is 17.2. The Bertz CT molecular complexity index is 1490. The molecule has 0 atom stereocenters. The van der Waals surface area contributed by atoms with Crippen LogP contribution in [0.15, 0.2) is 109 Å². The van der Waals surface area contributed by atoms with E-state index in [0.717, 1.165) is 0 Å². The number of hydrogen-bond acceptors (Lipinski definition) is 4. The summed E-state index contributed by atoms with van der Waals surface area (Å²) in [6.07, 6.45) is 4.52. The van der Waals surface area contributed by atoms with Crippen LogP contribution in [0.5, 0.6) is 11.5 Å². The summed E-state index contributed by atoms with van der Waals surface area (Å²) >= 11 is 0. The normalized spacial score (nSPS) is 11.8. The summed E-state index contributed by atoms with van der Waals surface area (Å²) in [5.74, 6) is -0.565. The maximum atomic E-state index is 13.2. The van der Waals surface area contributed by atoms with Crippen LogP contribution in [0.1, 0.15) is 35.1 Å². The van der Waals surface area contributed by atoms with Crippen molar-refractivity contribution in [3.63, 3.8) is 0 Å². The number of nitrogens with one attached hydrogen (secondary N) is 2. The molecule has 10 heteroatoms. The van der Waals surface area contributed by atoms with E-state index in [4.69, 9.17) is 0 Å². The SMILES string of the molecule is O=C(NCCCCNC(=O)C(=Cc1ccc(OC(F)F)cc1)c1ccccc1)C(=Cc1ccc(OC(F)F)cc1)c1ccccc1. The Balaban J connectivity index is 1.33. The van der Waals surface area contributed by atoms with Crippen molar-refractivity contribution in [2.24, 2.45) is 0 Å². The zero-order valence-corrected chi connectivity index (χ0v) is 24.7. The first-order valence-corrected chi connectivity index (χ1v) is 14.5. The number of halogens is 4. The molecule has 46 heavy (non-hydrogen) atoms. The number of unbranched alkanes of at least 4 members (excludes halogenated alkanes) is 1. The lowest BCUT2D eigenvalue weighted by Crippen LogP contribution is -2.28. The molecule has 6 nitrogen and oxygen atoms in total. The molecule has 0 radical (unpaired) electrons. The number of hydrogen-bond donors (Lipinski definition) is 2. The quantitative estimate of drug-likeness (QED) is 0.0610. The molecule has 0 saturated carbocycles. The van der Waals surface area contributed by atoms with Gasteiger partial charge in [-0.05, 0) is 71.5 Å². The van der Waals surface area contributed by atoms with Gasteiger partial charge in [-0.2, -0.15) is 17.6 Å². The molecule has 0 bridgehead atoms. The van der Waals surface area contributed by atoms with Gasteiger partial charge in [-0.25, -0.2) is 0 Å². The third kappa shape index (κ3) is 10.7. The van der Waals surface area contributed by atoms with Gasteiger partial charge in [-0.1, -0.05) is 84.9 Å². The average Bonchev–Trinajstić information content (AvgIpc) is 3.05. The molecule has 0 heterocycles. The van der Waals surface area contributed by atoms with E-state index in [9.17, 15) is 27.2 Å². The van der Waals surface area contributed by atoms with Gasteiger partial charge in [-0.3, -0.25) is 9.59 Å². The number of benzene rings is 4. The van der Waals surface area contributed by atoms with Crippen molar-refractivity contribution in [2.45, 2.75) is 26.1 Å². The fourth-order valence-corrected chi connectivity index (χ4v) is 4.46. The molecule has 0 unspecified atom stereocenters. The molecule has 4 rings (SSSR count). The number of alkyl halides is 4. The predicted molar refractivity (Wildman–Crippen MR) is 170 cm³/mol. The highest BCUT2D eigenvalue weighted by Gasteiger charge is 2.14. The second-order valence-corrected chi connectivity index (χ2v) is 9.96. The van der Waals surface area contributed by atoms with E-state index in [-0.39, 0.29) is 23.3 Å². The first kappa shape index (κ1) is 33.5. The molecule has 0 aliphatic carbocycles. The topological polar surface area (TPSA) is 76.7 Å². The predicted octanol–water partition coefficient (Wildman–Crippen LogP) is 7.68. The van der Waals surface area contributed by atoms with Crippen LogP contribution in [0.25, 0.3) is 23.3 Å². The Kier molecular flexibility index (Phi) is 12.5. The molecule has 4 aromatic rings. The lowest BCUT2D eigenvalue weighted by molar-refractivity contribution is -0.116. The van der Waals surface area contributed by atoms with Crippen LogP contribution in [0.4, 0.5) is 17.6 Å². The lowest BCUT2D eigenvalue weighted by Gasteiger charge is -2.12. The fraction of sp³-hybridized carbons (Fsp3) is 0.167. The van der Waals surface area contributed by atoms with Crippen LogP contribution >= 0.6 is 0 Å². The minimum atomic E-state index is -2.93. The summed E-state index contributed by atoms with van der Waals surface area (Å²) in [6.45, 7) is -5.14. The van der Waals surface area contributed by atoms with Crippen LogP contribution < -0.4 is 20.1 Å². The molecule has 0 spiro atoms. The standard InChI is InChI=1S/C36H32F4N2O4/c37-35(38)45-29-17-13-25(14-18-29)23-31(27-9-3-1-4-10-27)33(43)41-21-7-8-22-42-34(44)32(28-11-5-2-6-12-28)24-26-15-19-30(20-16-26)46-36(39)40/h1-6,9-20,23-24,35-36H,7-8,21-22H2,(H,41,43)(H,42,44). The Morgan fingerprint density at radius 2 is 0.891 bits per heavy atom. The molecular weight excluding hydrogens is 600 g/mol. The Labute approximate surface area is 264 Å². The van der Waals surface area contributed by atoms with Gasteiger partial charge in [0.15, 0.2) is 0 Å². The van der Waals surface area contributed by atoms with Gasteiger partial charge in [0.05, 0.1) is 0 Å². The van der Waals surface area contributed by atoms with E-state index in [1.165, 1.54) is 24.3 Å². The zero-order chi connectivity index (χ0) is 32.7. The highest BCUT2D eigenvalue weighted by molar-refractivity contribution is 6.24. The van der Waals surface area contributed by atoms with E-state index in [1.807, 2.05) is 36.4 Å². The van der Waals surface area contributed by atoms with E-state index in [2.05, 4.69) is 20.1 Å². The molecule has 0 fully saturated rings. The summed E-state index contributed by atoms with van der Waals surface area (Å²) in [5, 5.41) is 5.82. The van der Waals surface area contributed by atoms with E-state index in [1.54, 1.807) is 60.7 Å². The number of carbonyl (C=O) groups is 2. The monoisotopic (exact) mass is 632 g/mol. The minimum absolute atomic E-state index is 0.0210. The molecule has 2 N–H and O–H groups in total. The largest absolute Gasteiger partial charge is 0.435 e. The van der Waals surface area contributed by atoms with E-state index < -0.39 is 13.2 Å². The van der Waals surface area contributed by atoms with Gasteiger partial charge in [0.25, 0.3) is 11.8 Å². The number of ether oxygens (including phenoxy) is 2. The Hall–Kier alpha value is -5.38. The molecule has 2 amide bonds. The Morgan fingerprint density at radius 1 is 0.543 bits per heavy atom. The number of carbonyl (C=O) groups excluding carboxylic acids is 2. The summed E-state index contributed by atoms with van der Waals surface area (Å²) in [6, 6.07) is 30.1. The van der Waals surface area contributed by atoms with Gasteiger partial charge in [0, 0.05) is 24.2 Å². The molecular formula is C36H32F4N2O4. The van der Waals surface area contributed by atoms with Crippen molar-refractivity contribution in [3.8, 4) is 11.5 Å². The van der Waals surface area contributed by atoms with Crippen LogP contribution in [0.3, 0.4) is 0 Å². The van der Waals surface area contributed by atoms with Crippen molar-refractivity contribution < 1.29 is 36.6 Å². The van der Waals surface area contributed by atoms with Crippen LogP contribution in [-0.2, 0) is 9.59 Å². The van der Waals surface area contributed by atoms with E-state index >= 15 is 0 Å². The van der Waals surface area contributed by atoms with Crippen LogP contribution in [-0.4, -0.2) is 38.1 Å². The van der Waals surface area contributed by atoms with Gasteiger partial charge in [-0.15, -0.1) is 0 Å². The average molecular weight is 633 g/mol. The highest BCUT2D eigenvalue weighted by Crippen LogP contribution is 2.23. The van der Waals surface area contributed by atoms with Crippen molar-refractivity contribution in [1.82, 2.24) is 10.6 Å². The molecule has 0 aliphatic heterocycles. The lowest BCUT2D eigenvalue weighted by atomic mass is 10.0.